The van der Waals surface area contributed by atoms with Crippen LogP contribution in [0, 0.1) is 5.92 Å². The molecule has 41 heavy (non-hydrogen) atoms. The summed E-state index contributed by atoms with van der Waals surface area (Å²) in [6.07, 6.45) is 6.95. The third kappa shape index (κ3) is 5.85. The summed E-state index contributed by atoms with van der Waals surface area (Å²) in [7, 11) is 0. The standard InChI is InChI=1S/C34H28O3.C4H10/c1-21-7-8-24-13-16-27(35)19-29(24)32(21)33(26-11-9-23(10-12-26)22-5-3-2-4-6-22)34-30-20-28(36)17-14-25(30)15-18-31(34)37;1-3-4-2/h2-21,32-33,35-37H,1H3;3-4H2,1-2H3. The molecule has 0 saturated heterocycles. The topological polar surface area (TPSA) is 60.7 Å². The largest absolute Gasteiger partial charge is 0.508 e. The van der Waals surface area contributed by atoms with Crippen molar-refractivity contribution in [2.75, 3.05) is 0 Å². The molecule has 0 fully saturated rings. The number of unbranched alkanes of at least 4 members (excludes halogenated alkanes) is 1. The van der Waals surface area contributed by atoms with E-state index in [1.165, 1.54) is 12.8 Å². The zero-order valence-corrected chi connectivity index (χ0v) is 24.0. The van der Waals surface area contributed by atoms with Gasteiger partial charge in [-0.1, -0.05) is 119 Å². The molecule has 0 radical (unpaired) electrons. The van der Waals surface area contributed by atoms with Gasteiger partial charge in [-0.15, -0.1) is 0 Å². The SMILES string of the molecule is CC1C=Cc2ccc(O)cc2C1C(c1ccc(-c2ccccc2)cc1)c1c(O)ccc2ccc(O)cc12.CCCC. The first kappa shape index (κ1) is 28.0. The molecule has 0 amide bonds. The fourth-order valence-corrected chi connectivity index (χ4v) is 5.86. The molecule has 3 N–H and O–H groups in total. The maximum atomic E-state index is 11.3. The van der Waals surface area contributed by atoms with Crippen LogP contribution in [0.4, 0.5) is 0 Å². The number of phenols is 3. The molecule has 3 atom stereocenters. The normalized spacial score (nSPS) is 16.5. The molecule has 1 aliphatic carbocycles. The Morgan fingerprint density at radius 3 is 2.02 bits per heavy atom. The predicted octanol–water partition coefficient (Wildman–Crippen LogP) is 10.0. The number of benzene rings is 5. The average molecular weight is 543 g/mol. The van der Waals surface area contributed by atoms with Crippen molar-refractivity contribution in [1.29, 1.82) is 0 Å². The predicted molar refractivity (Wildman–Crippen MR) is 171 cm³/mol. The smallest absolute Gasteiger partial charge is 0.120 e. The fourth-order valence-electron chi connectivity index (χ4n) is 5.86. The van der Waals surface area contributed by atoms with E-state index in [-0.39, 0.29) is 35.0 Å². The second-order valence-corrected chi connectivity index (χ2v) is 10.9. The van der Waals surface area contributed by atoms with Gasteiger partial charge in [0.15, 0.2) is 0 Å². The summed E-state index contributed by atoms with van der Waals surface area (Å²) in [6, 6.07) is 33.2. The Morgan fingerprint density at radius 2 is 1.32 bits per heavy atom. The second-order valence-electron chi connectivity index (χ2n) is 10.9. The summed E-state index contributed by atoms with van der Waals surface area (Å²) in [4.78, 5) is 0. The maximum Gasteiger partial charge on any atom is 0.120 e. The highest BCUT2D eigenvalue weighted by molar-refractivity contribution is 5.90. The number of hydrogen-bond acceptors (Lipinski definition) is 3. The van der Waals surface area contributed by atoms with E-state index in [9.17, 15) is 15.3 Å². The lowest BCUT2D eigenvalue weighted by Crippen LogP contribution is -2.22. The van der Waals surface area contributed by atoms with Crippen molar-refractivity contribution >= 4 is 16.8 Å². The molecule has 0 aromatic heterocycles. The number of hydrogen-bond donors (Lipinski definition) is 3. The lowest BCUT2D eigenvalue weighted by Gasteiger charge is -2.36. The van der Waals surface area contributed by atoms with E-state index in [0.717, 1.165) is 44.2 Å². The molecule has 6 rings (SSSR count). The van der Waals surface area contributed by atoms with Crippen LogP contribution in [0.15, 0.2) is 109 Å². The quantitative estimate of drug-likeness (QED) is 0.207. The van der Waals surface area contributed by atoms with Gasteiger partial charge < -0.3 is 15.3 Å². The number of fused-ring (bicyclic) bond motifs is 2. The Labute approximate surface area is 243 Å². The van der Waals surface area contributed by atoms with Gasteiger partial charge in [0.05, 0.1) is 0 Å². The van der Waals surface area contributed by atoms with Gasteiger partial charge in [0.25, 0.3) is 0 Å². The molecule has 0 bridgehead atoms. The van der Waals surface area contributed by atoms with E-state index in [1.54, 1.807) is 24.3 Å². The number of phenolic OH excluding ortho intramolecular Hbond substituents is 3. The first-order chi connectivity index (χ1) is 19.9. The summed E-state index contributed by atoms with van der Waals surface area (Å²) < 4.78 is 0. The first-order valence-corrected chi connectivity index (χ1v) is 14.5. The van der Waals surface area contributed by atoms with E-state index < -0.39 is 0 Å². The van der Waals surface area contributed by atoms with Crippen molar-refractivity contribution in [1.82, 2.24) is 0 Å². The second kappa shape index (κ2) is 12.3. The van der Waals surface area contributed by atoms with Crippen molar-refractivity contribution in [3.63, 3.8) is 0 Å². The average Bonchev–Trinajstić information content (AvgIpc) is 3.00. The van der Waals surface area contributed by atoms with Gasteiger partial charge in [-0.3, -0.25) is 0 Å². The third-order valence-electron chi connectivity index (χ3n) is 8.15. The zero-order chi connectivity index (χ0) is 28.9. The summed E-state index contributed by atoms with van der Waals surface area (Å²) >= 11 is 0. The Bertz CT molecular complexity index is 1640. The molecule has 0 spiro atoms. The lowest BCUT2D eigenvalue weighted by molar-refractivity contribution is 0.439. The van der Waals surface area contributed by atoms with Crippen molar-refractivity contribution < 1.29 is 15.3 Å². The fraction of sp³-hybridized carbons (Fsp3) is 0.211. The summed E-state index contributed by atoms with van der Waals surface area (Å²) in [5, 5.41) is 33.9. The van der Waals surface area contributed by atoms with Crippen LogP contribution in [-0.4, -0.2) is 15.3 Å². The molecule has 1 aliphatic rings. The van der Waals surface area contributed by atoms with Crippen LogP contribution in [0.3, 0.4) is 0 Å². The van der Waals surface area contributed by atoms with Gasteiger partial charge >= 0.3 is 0 Å². The molecule has 3 nitrogen and oxygen atoms in total. The lowest BCUT2D eigenvalue weighted by atomic mass is 9.67. The highest BCUT2D eigenvalue weighted by Gasteiger charge is 2.35. The molecule has 0 saturated carbocycles. The Balaban J connectivity index is 0.000000794. The van der Waals surface area contributed by atoms with Crippen molar-refractivity contribution in [3.8, 4) is 28.4 Å². The zero-order valence-electron chi connectivity index (χ0n) is 24.0. The summed E-state index contributed by atoms with van der Waals surface area (Å²) in [5.41, 5.74) is 6.22. The van der Waals surface area contributed by atoms with Crippen LogP contribution in [-0.2, 0) is 0 Å². The molecular weight excluding hydrogens is 504 g/mol. The summed E-state index contributed by atoms with van der Waals surface area (Å²) in [5.74, 6) is 0.444. The Morgan fingerprint density at radius 1 is 0.683 bits per heavy atom. The Kier molecular flexibility index (Phi) is 8.45. The minimum Gasteiger partial charge on any atom is -0.508 e. The highest BCUT2D eigenvalue weighted by Crippen LogP contribution is 2.51. The Hall–Kier alpha value is -4.50. The van der Waals surface area contributed by atoms with E-state index in [1.807, 2.05) is 42.5 Å². The number of aromatic hydroxyl groups is 3. The van der Waals surface area contributed by atoms with Gasteiger partial charge in [0, 0.05) is 17.4 Å². The van der Waals surface area contributed by atoms with Gasteiger partial charge in [0.2, 0.25) is 0 Å². The van der Waals surface area contributed by atoms with E-state index in [2.05, 4.69) is 69.3 Å². The maximum absolute atomic E-state index is 11.3. The van der Waals surface area contributed by atoms with Crippen LogP contribution in [0.25, 0.3) is 28.0 Å². The van der Waals surface area contributed by atoms with Crippen LogP contribution in [0.1, 0.15) is 67.7 Å². The van der Waals surface area contributed by atoms with Gasteiger partial charge in [-0.2, -0.15) is 0 Å². The van der Waals surface area contributed by atoms with E-state index in [4.69, 9.17) is 0 Å². The van der Waals surface area contributed by atoms with Crippen LogP contribution >= 0.6 is 0 Å². The molecule has 3 unspecified atom stereocenters. The van der Waals surface area contributed by atoms with E-state index in [0.29, 0.717) is 0 Å². The van der Waals surface area contributed by atoms with Crippen LogP contribution in [0.5, 0.6) is 17.2 Å². The minimum absolute atomic E-state index is 0.0477. The van der Waals surface area contributed by atoms with Crippen LogP contribution < -0.4 is 0 Å². The van der Waals surface area contributed by atoms with Gasteiger partial charge in [-0.25, -0.2) is 0 Å². The van der Waals surface area contributed by atoms with Gasteiger partial charge in [-0.05, 0) is 74.8 Å². The van der Waals surface area contributed by atoms with Crippen molar-refractivity contribution in [3.05, 3.63) is 131 Å². The van der Waals surface area contributed by atoms with Crippen molar-refractivity contribution in [2.24, 2.45) is 5.92 Å². The number of rotatable bonds is 5. The van der Waals surface area contributed by atoms with E-state index >= 15 is 0 Å². The molecule has 3 heteroatoms. The van der Waals surface area contributed by atoms with Crippen molar-refractivity contribution in [2.45, 2.75) is 45.4 Å². The molecule has 208 valence electrons. The van der Waals surface area contributed by atoms with Crippen LogP contribution in [0.2, 0.25) is 0 Å². The highest BCUT2D eigenvalue weighted by atomic mass is 16.3. The molecule has 0 aliphatic heterocycles. The minimum atomic E-state index is -0.226. The third-order valence-corrected chi connectivity index (χ3v) is 8.15. The number of allylic oxidation sites excluding steroid dienone is 1. The molecule has 5 aromatic rings. The molecule has 5 aromatic carbocycles. The molecular formula is C38H38O3. The monoisotopic (exact) mass is 542 g/mol. The summed E-state index contributed by atoms with van der Waals surface area (Å²) in [6.45, 7) is 6.54. The first-order valence-electron chi connectivity index (χ1n) is 14.5. The van der Waals surface area contributed by atoms with Gasteiger partial charge in [0.1, 0.15) is 17.2 Å². The molecule has 0 heterocycles.